The number of benzene rings is 2. The van der Waals surface area contributed by atoms with E-state index in [1.54, 1.807) is 20.6 Å². The van der Waals surface area contributed by atoms with Gasteiger partial charge in [-0.1, -0.05) is 12.1 Å². The summed E-state index contributed by atoms with van der Waals surface area (Å²) in [7, 11) is 1.98. The van der Waals surface area contributed by atoms with E-state index < -0.39 is 29.0 Å². The number of carbonyl (C=O) groups is 4. The third kappa shape index (κ3) is 8.21. The highest BCUT2D eigenvalue weighted by Crippen LogP contribution is 2.58. The van der Waals surface area contributed by atoms with Crippen LogP contribution in [0.5, 0.6) is 0 Å². The fourth-order valence-electron chi connectivity index (χ4n) is 13.0. The van der Waals surface area contributed by atoms with Crippen molar-refractivity contribution in [1.29, 1.82) is 0 Å². The number of hydrogen-bond donors (Lipinski definition) is 2. The van der Waals surface area contributed by atoms with Gasteiger partial charge in [0.25, 0.3) is 11.5 Å². The Hall–Kier alpha value is -6.30. The fraction of sp³-hybridized carbons (Fsp3) is 0.491. The van der Waals surface area contributed by atoms with E-state index in [0.29, 0.717) is 70.4 Å². The Morgan fingerprint density at radius 2 is 1.61 bits per heavy atom. The number of halogens is 2. The molecule has 376 valence electrons. The number of hydrogen-bond acceptors (Lipinski definition) is 10. The van der Waals surface area contributed by atoms with Crippen LogP contribution >= 0.6 is 0 Å². The maximum Gasteiger partial charge on any atom is 0.260 e. The lowest BCUT2D eigenvalue weighted by molar-refractivity contribution is -0.135. The number of nitrogens with one attached hydrogen (secondary N) is 2. The van der Waals surface area contributed by atoms with E-state index in [4.69, 9.17) is 0 Å². The molecule has 1 unspecified atom stereocenters. The average molecular weight is 981 g/mol. The minimum Gasteiger partial charge on any atom is -0.384 e. The third-order valence-electron chi connectivity index (χ3n) is 17.2. The van der Waals surface area contributed by atoms with Gasteiger partial charge in [-0.3, -0.25) is 53.5 Å². The van der Waals surface area contributed by atoms with Gasteiger partial charge < -0.3 is 14.8 Å². The molecule has 5 aromatic rings. The number of likely N-dealkylation sites (tertiary alicyclic amines) is 2. The minimum atomic E-state index is -0.658. The Morgan fingerprint density at radius 1 is 0.833 bits per heavy atom. The van der Waals surface area contributed by atoms with Gasteiger partial charge in [0, 0.05) is 130 Å². The van der Waals surface area contributed by atoms with Crippen LogP contribution in [0.3, 0.4) is 0 Å². The second-order valence-electron chi connectivity index (χ2n) is 21.6. The van der Waals surface area contributed by atoms with Crippen LogP contribution in [0.2, 0.25) is 0 Å². The summed E-state index contributed by atoms with van der Waals surface area (Å²) in [5.74, 6) is -2.23. The molecule has 72 heavy (non-hydrogen) atoms. The molecule has 3 aromatic heterocycles. The monoisotopic (exact) mass is 980 g/mol. The van der Waals surface area contributed by atoms with Crippen molar-refractivity contribution in [2.75, 3.05) is 69.1 Å². The quantitative estimate of drug-likeness (QED) is 0.170. The molecule has 2 atom stereocenters. The molecule has 9 heterocycles. The largest absolute Gasteiger partial charge is 0.384 e. The molecule has 12 rings (SSSR count). The Labute approximate surface area is 417 Å². The number of fused-ring (bicyclic) bond motifs is 4. The molecule has 1 aliphatic carbocycles. The van der Waals surface area contributed by atoms with Crippen molar-refractivity contribution < 1.29 is 28.0 Å². The highest BCUT2D eigenvalue weighted by atomic mass is 19.1. The van der Waals surface area contributed by atoms with E-state index >= 15 is 8.78 Å². The summed E-state index contributed by atoms with van der Waals surface area (Å²) >= 11 is 0. The summed E-state index contributed by atoms with van der Waals surface area (Å²) in [6, 6.07) is 14.3. The maximum absolute atomic E-state index is 15.9. The highest BCUT2D eigenvalue weighted by Gasteiger charge is 2.61. The van der Waals surface area contributed by atoms with Gasteiger partial charge in [-0.05, 0) is 131 Å². The summed E-state index contributed by atoms with van der Waals surface area (Å²) in [6.45, 7) is 10.5. The van der Waals surface area contributed by atoms with Crippen LogP contribution < -0.4 is 21.1 Å². The normalized spacial score (nSPS) is 23.0. The number of pyridine rings is 2. The first-order valence-corrected chi connectivity index (χ1v) is 26.0. The lowest BCUT2D eigenvalue weighted by atomic mass is 9.87. The predicted octanol–water partition coefficient (Wildman–Crippen LogP) is 5.59. The molecule has 0 bridgehead atoms. The first kappa shape index (κ1) is 46.8. The summed E-state index contributed by atoms with van der Waals surface area (Å²) < 4.78 is 35.6. The summed E-state index contributed by atoms with van der Waals surface area (Å²) in [6.07, 6.45) is 9.19. The van der Waals surface area contributed by atoms with E-state index in [1.165, 1.54) is 12.1 Å². The van der Waals surface area contributed by atoms with Gasteiger partial charge in [-0.15, -0.1) is 0 Å². The van der Waals surface area contributed by atoms with Crippen molar-refractivity contribution in [3.05, 3.63) is 116 Å². The Balaban J connectivity index is 0.617. The number of piperidine rings is 3. The molecule has 7 aliphatic rings. The van der Waals surface area contributed by atoms with Gasteiger partial charge in [0.2, 0.25) is 17.7 Å². The number of piperazine rings is 1. The first-order chi connectivity index (χ1) is 34.8. The van der Waals surface area contributed by atoms with Crippen LogP contribution in [-0.2, 0) is 46.4 Å². The SMILES string of the molecule is C[C@H]1CN(Cc2ccc3c(c2)C2(CC2)C(=O)N3C2CCC(=O)NC2=O)CCN1CC1CCN(C(=O)c2cc(F)c(C3CCN(Cc4cc5c(-n6ccc7c(c6=O)CCN7)ccnc5n4C)CC3)c(F)c2)CC1. The number of carbonyl (C=O) groups excluding carboxylic acids is 4. The van der Waals surface area contributed by atoms with E-state index in [9.17, 15) is 24.0 Å². The Kier molecular flexibility index (Phi) is 11.9. The molecule has 0 radical (unpaired) electrons. The molecule has 15 nitrogen and oxygen atoms in total. The van der Waals surface area contributed by atoms with Crippen molar-refractivity contribution in [2.24, 2.45) is 13.0 Å². The molecule has 4 amide bonds. The zero-order valence-electron chi connectivity index (χ0n) is 41.1. The van der Waals surface area contributed by atoms with Crippen molar-refractivity contribution in [3.63, 3.8) is 0 Å². The topological polar surface area (TPSA) is 148 Å². The third-order valence-corrected chi connectivity index (χ3v) is 17.2. The van der Waals surface area contributed by atoms with Gasteiger partial charge in [-0.25, -0.2) is 13.8 Å². The summed E-state index contributed by atoms with van der Waals surface area (Å²) in [4.78, 5) is 80.8. The number of aryl methyl sites for hydroxylation is 1. The van der Waals surface area contributed by atoms with Crippen LogP contribution in [-0.4, -0.2) is 128 Å². The lowest BCUT2D eigenvalue weighted by Gasteiger charge is -2.42. The van der Waals surface area contributed by atoms with E-state index in [2.05, 4.69) is 60.0 Å². The second kappa shape index (κ2) is 18.3. The molecule has 6 aliphatic heterocycles. The molecule has 4 saturated heterocycles. The maximum atomic E-state index is 15.9. The van der Waals surface area contributed by atoms with Gasteiger partial charge in [-0.2, -0.15) is 0 Å². The van der Waals surface area contributed by atoms with Crippen LogP contribution in [0, 0.1) is 17.6 Å². The number of rotatable bonds is 10. The van der Waals surface area contributed by atoms with Gasteiger partial charge in [0.15, 0.2) is 0 Å². The van der Waals surface area contributed by atoms with Crippen LogP contribution in [0.1, 0.15) is 103 Å². The standard InChI is InChI=1S/C55H62F2N10O5/c1-33-29-63(30-35-3-4-46-41(25-35)55(14-15-55)54(72)67(46)47-5-6-48(68)60-51(47)69)23-24-65(33)31-34-9-20-64(21-10-34)52(70)37-26-42(56)49(43(57)27-37)36-11-18-62(19-12-36)32-38-28-40-45(8-17-59-50(40)61(38)2)66-22-13-44-39(53(66)71)7-16-58-44/h3-4,8,13,17,22,25-28,33-34,36,47,58H,5-7,9-12,14-16,18-21,23-24,29-32H2,1-2H3,(H,60,68,69)/t33-,47?/m0/s1. The van der Waals surface area contributed by atoms with Crippen LogP contribution in [0.25, 0.3) is 16.7 Å². The number of aromatic nitrogens is 3. The van der Waals surface area contributed by atoms with Crippen LogP contribution in [0.4, 0.5) is 20.2 Å². The zero-order valence-corrected chi connectivity index (χ0v) is 41.1. The summed E-state index contributed by atoms with van der Waals surface area (Å²) in [5, 5.41) is 6.58. The Morgan fingerprint density at radius 3 is 2.35 bits per heavy atom. The average Bonchev–Trinajstić information content (AvgIpc) is 3.84. The number of anilines is 2. The highest BCUT2D eigenvalue weighted by molar-refractivity contribution is 6.15. The van der Waals surface area contributed by atoms with E-state index in [0.717, 1.165) is 115 Å². The molecular formula is C55H62F2N10O5. The predicted molar refractivity (Wildman–Crippen MR) is 268 cm³/mol. The number of amides is 4. The number of nitrogens with zero attached hydrogens (tertiary/aromatic N) is 8. The first-order valence-electron chi connectivity index (χ1n) is 26.0. The molecule has 2 N–H and O–H groups in total. The smallest absolute Gasteiger partial charge is 0.260 e. The van der Waals surface area contributed by atoms with Crippen LogP contribution in [0.15, 0.2) is 65.7 Å². The summed E-state index contributed by atoms with van der Waals surface area (Å²) in [5.41, 5.74) is 6.83. The van der Waals surface area contributed by atoms with Crippen molar-refractivity contribution >= 4 is 46.0 Å². The van der Waals surface area contributed by atoms with Gasteiger partial charge in [0.05, 0.1) is 11.1 Å². The van der Waals surface area contributed by atoms with Gasteiger partial charge in [0.1, 0.15) is 23.3 Å². The molecule has 17 heteroatoms. The van der Waals surface area contributed by atoms with E-state index in [1.807, 2.05) is 31.4 Å². The molecular weight excluding hydrogens is 919 g/mol. The van der Waals surface area contributed by atoms with Crippen molar-refractivity contribution in [1.82, 2.24) is 39.0 Å². The Bertz CT molecular complexity index is 3070. The second-order valence-corrected chi connectivity index (χ2v) is 21.6. The molecule has 2 aromatic carbocycles. The molecule has 1 spiro atoms. The molecule has 1 saturated carbocycles. The molecule has 5 fully saturated rings. The van der Waals surface area contributed by atoms with Crippen molar-refractivity contribution in [3.8, 4) is 5.69 Å². The minimum absolute atomic E-state index is 0.0175. The van der Waals surface area contributed by atoms with E-state index in [-0.39, 0.29) is 46.7 Å². The fourth-order valence-corrected chi connectivity index (χ4v) is 13.0. The number of imide groups is 1. The van der Waals surface area contributed by atoms with Gasteiger partial charge >= 0.3 is 0 Å². The van der Waals surface area contributed by atoms with Crippen molar-refractivity contribution in [2.45, 2.75) is 101 Å². The lowest BCUT2D eigenvalue weighted by Crippen LogP contribution is -2.54. The zero-order chi connectivity index (χ0) is 49.6.